The molecular weight excluding hydrogens is 182 g/mol. The van der Waals surface area contributed by atoms with Gasteiger partial charge in [0.2, 0.25) is 0 Å². The standard InChI is InChI=1S/C9H13N3S/c1-6-11-8(4-10)7-2-3-13-5-9(7)12-6/h2-5,10H2,1H3. The minimum Gasteiger partial charge on any atom is -0.325 e. The normalized spacial score (nSPS) is 15.5. The van der Waals surface area contributed by atoms with E-state index in [1.807, 2.05) is 18.7 Å². The third-order valence-corrected chi connectivity index (χ3v) is 3.19. The van der Waals surface area contributed by atoms with Crippen LogP contribution in [0.2, 0.25) is 0 Å². The molecule has 0 bridgehead atoms. The number of thioether (sulfide) groups is 1. The molecule has 1 aliphatic rings. The van der Waals surface area contributed by atoms with Gasteiger partial charge in [0, 0.05) is 12.3 Å². The zero-order valence-corrected chi connectivity index (χ0v) is 8.52. The lowest BCUT2D eigenvalue weighted by Gasteiger charge is -2.17. The number of aromatic nitrogens is 2. The fourth-order valence-electron chi connectivity index (χ4n) is 1.64. The van der Waals surface area contributed by atoms with Crippen molar-refractivity contribution in [3.05, 3.63) is 22.8 Å². The Hall–Kier alpha value is -0.610. The average Bonchev–Trinajstić information content (AvgIpc) is 2.16. The van der Waals surface area contributed by atoms with Gasteiger partial charge >= 0.3 is 0 Å². The van der Waals surface area contributed by atoms with Gasteiger partial charge in [0.1, 0.15) is 5.82 Å². The fourth-order valence-corrected chi connectivity index (χ4v) is 2.56. The molecule has 1 aromatic rings. The first kappa shape index (κ1) is 8.97. The van der Waals surface area contributed by atoms with E-state index in [2.05, 4.69) is 9.97 Å². The van der Waals surface area contributed by atoms with E-state index in [0.29, 0.717) is 6.54 Å². The van der Waals surface area contributed by atoms with Crippen molar-refractivity contribution in [3.63, 3.8) is 0 Å². The van der Waals surface area contributed by atoms with Crippen LogP contribution in [0.1, 0.15) is 22.8 Å². The molecule has 0 radical (unpaired) electrons. The number of nitrogens with zero attached hydrogens (tertiary/aromatic N) is 2. The molecule has 2 N–H and O–H groups in total. The van der Waals surface area contributed by atoms with Crippen molar-refractivity contribution in [1.82, 2.24) is 9.97 Å². The topological polar surface area (TPSA) is 51.8 Å². The molecule has 70 valence electrons. The number of fused-ring (bicyclic) bond motifs is 1. The van der Waals surface area contributed by atoms with Crippen LogP contribution in [0.4, 0.5) is 0 Å². The minimum absolute atomic E-state index is 0.538. The first-order valence-corrected chi connectivity index (χ1v) is 5.60. The van der Waals surface area contributed by atoms with Crippen LogP contribution in [-0.2, 0) is 18.7 Å². The Morgan fingerprint density at radius 2 is 2.31 bits per heavy atom. The molecule has 0 amide bonds. The Bertz CT molecular complexity index is 308. The minimum atomic E-state index is 0.538. The Morgan fingerprint density at radius 1 is 1.46 bits per heavy atom. The first-order valence-electron chi connectivity index (χ1n) is 4.44. The predicted octanol–water partition coefficient (Wildman–Crippen LogP) is 1.03. The van der Waals surface area contributed by atoms with Gasteiger partial charge in [0.05, 0.1) is 11.4 Å². The van der Waals surface area contributed by atoms with Crippen molar-refractivity contribution in [2.45, 2.75) is 25.6 Å². The van der Waals surface area contributed by atoms with Gasteiger partial charge in [0.25, 0.3) is 0 Å². The second-order valence-electron chi connectivity index (χ2n) is 3.15. The summed E-state index contributed by atoms with van der Waals surface area (Å²) in [5.41, 5.74) is 9.19. The molecule has 0 aliphatic carbocycles. The number of hydrogen-bond acceptors (Lipinski definition) is 4. The molecule has 0 unspecified atom stereocenters. The Morgan fingerprint density at radius 3 is 3.08 bits per heavy atom. The highest BCUT2D eigenvalue weighted by molar-refractivity contribution is 7.98. The molecule has 0 aromatic carbocycles. The SMILES string of the molecule is Cc1nc(CN)c2c(n1)CSCC2. The summed E-state index contributed by atoms with van der Waals surface area (Å²) in [4.78, 5) is 8.79. The molecular formula is C9H13N3S. The summed E-state index contributed by atoms with van der Waals surface area (Å²) in [5.74, 6) is 3.04. The largest absolute Gasteiger partial charge is 0.325 e. The Balaban J connectivity index is 2.50. The molecule has 3 nitrogen and oxygen atoms in total. The van der Waals surface area contributed by atoms with Crippen molar-refractivity contribution in [2.24, 2.45) is 5.73 Å². The van der Waals surface area contributed by atoms with Crippen molar-refractivity contribution in [2.75, 3.05) is 5.75 Å². The molecule has 13 heavy (non-hydrogen) atoms. The highest BCUT2D eigenvalue weighted by Crippen LogP contribution is 2.24. The molecule has 4 heteroatoms. The van der Waals surface area contributed by atoms with Crippen LogP contribution in [0, 0.1) is 6.92 Å². The van der Waals surface area contributed by atoms with Crippen LogP contribution in [0.5, 0.6) is 0 Å². The molecule has 2 rings (SSSR count). The van der Waals surface area contributed by atoms with E-state index in [9.17, 15) is 0 Å². The van der Waals surface area contributed by atoms with E-state index in [4.69, 9.17) is 5.73 Å². The van der Waals surface area contributed by atoms with Gasteiger partial charge in [-0.1, -0.05) is 0 Å². The summed E-state index contributed by atoms with van der Waals surface area (Å²) in [6, 6.07) is 0. The number of aryl methyl sites for hydroxylation is 1. The fraction of sp³-hybridized carbons (Fsp3) is 0.556. The monoisotopic (exact) mass is 195 g/mol. The summed E-state index contributed by atoms with van der Waals surface area (Å²) >= 11 is 1.93. The highest BCUT2D eigenvalue weighted by atomic mass is 32.2. The second-order valence-corrected chi connectivity index (χ2v) is 4.25. The average molecular weight is 195 g/mol. The van der Waals surface area contributed by atoms with Crippen LogP contribution < -0.4 is 5.73 Å². The van der Waals surface area contributed by atoms with Gasteiger partial charge in [0.15, 0.2) is 0 Å². The third-order valence-electron chi connectivity index (χ3n) is 2.22. The smallest absolute Gasteiger partial charge is 0.125 e. The van der Waals surface area contributed by atoms with Crippen molar-refractivity contribution in [3.8, 4) is 0 Å². The number of rotatable bonds is 1. The number of nitrogens with two attached hydrogens (primary N) is 1. The summed E-state index contributed by atoms with van der Waals surface area (Å²) < 4.78 is 0. The van der Waals surface area contributed by atoms with Crippen LogP contribution in [0.25, 0.3) is 0 Å². The predicted molar refractivity (Wildman–Crippen MR) is 54.5 cm³/mol. The highest BCUT2D eigenvalue weighted by Gasteiger charge is 2.15. The van der Waals surface area contributed by atoms with E-state index in [0.717, 1.165) is 23.7 Å². The van der Waals surface area contributed by atoms with E-state index in [1.165, 1.54) is 17.0 Å². The molecule has 1 aromatic heterocycles. The van der Waals surface area contributed by atoms with E-state index >= 15 is 0 Å². The maximum atomic E-state index is 5.65. The van der Waals surface area contributed by atoms with Gasteiger partial charge < -0.3 is 5.73 Å². The van der Waals surface area contributed by atoms with E-state index in [-0.39, 0.29) is 0 Å². The molecule has 0 saturated carbocycles. The summed E-state index contributed by atoms with van der Waals surface area (Å²) in [6.45, 7) is 2.47. The van der Waals surface area contributed by atoms with Gasteiger partial charge in [-0.2, -0.15) is 11.8 Å². The van der Waals surface area contributed by atoms with Crippen molar-refractivity contribution in [1.29, 1.82) is 0 Å². The lowest BCUT2D eigenvalue weighted by Crippen LogP contribution is -2.14. The molecule has 0 atom stereocenters. The zero-order chi connectivity index (χ0) is 9.26. The Labute approximate surface area is 82.2 Å². The Kier molecular flexibility index (Phi) is 2.51. The first-order chi connectivity index (χ1) is 6.31. The molecule has 0 saturated heterocycles. The van der Waals surface area contributed by atoms with Gasteiger partial charge in [-0.15, -0.1) is 0 Å². The van der Waals surface area contributed by atoms with E-state index < -0.39 is 0 Å². The number of hydrogen-bond donors (Lipinski definition) is 1. The zero-order valence-electron chi connectivity index (χ0n) is 7.71. The van der Waals surface area contributed by atoms with E-state index in [1.54, 1.807) is 0 Å². The molecule has 2 heterocycles. The van der Waals surface area contributed by atoms with Crippen LogP contribution in [0.15, 0.2) is 0 Å². The van der Waals surface area contributed by atoms with Gasteiger partial charge in [-0.3, -0.25) is 0 Å². The third kappa shape index (κ3) is 1.69. The lowest BCUT2D eigenvalue weighted by molar-refractivity contribution is 0.847. The summed E-state index contributed by atoms with van der Waals surface area (Å²) in [6.07, 6.45) is 1.08. The van der Waals surface area contributed by atoms with Crippen LogP contribution >= 0.6 is 11.8 Å². The second kappa shape index (κ2) is 3.64. The molecule has 1 aliphatic heterocycles. The maximum absolute atomic E-state index is 5.65. The van der Waals surface area contributed by atoms with Gasteiger partial charge in [-0.05, 0) is 24.7 Å². The summed E-state index contributed by atoms with van der Waals surface area (Å²) in [7, 11) is 0. The molecule has 0 spiro atoms. The van der Waals surface area contributed by atoms with Crippen LogP contribution in [0.3, 0.4) is 0 Å². The van der Waals surface area contributed by atoms with Gasteiger partial charge in [-0.25, -0.2) is 9.97 Å². The van der Waals surface area contributed by atoms with Crippen molar-refractivity contribution < 1.29 is 0 Å². The van der Waals surface area contributed by atoms with Crippen molar-refractivity contribution >= 4 is 11.8 Å². The quantitative estimate of drug-likeness (QED) is 0.727. The summed E-state index contributed by atoms with van der Waals surface area (Å²) in [5, 5.41) is 0. The molecule has 0 fully saturated rings. The lowest BCUT2D eigenvalue weighted by atomic mass is 10.1. The maximum Gasteiger partial charge on any atom is 0.125 e. The van der Waals surface area contributed by atoms with Crippen LogP contribution in [-0.4, -0.2) is 15.7 Å².